The van der Waals surface area contributed by atoms with Gasteiger partial charge in [-0.2, -0.15) is 0 Å². The molecule has 1 aliphatic rings. The highest BCUT2D eigenvalue weighted by atomic mass is 16.2. The van der Waals surface area contributed by atoms with Crippen LogP contribution in [0.25, 0.3) is 0 Å². The molecule has 0 aliphatic heterocycles. The summed E-state index contributed by atoms with van der Waals surface area (Å²) in [6, 6.07) is 0.827. The van der Waals surface area contributed by atoms with Crippen LogP contribution in [0.5, 0.6) is 0 Å². The summed E-state index contributed by atoms with van der Waals surface area (Å²) in [5.41, 5.74) is 0. The molecule has 0 spiro atoms. The van der Waals surface area contributed by atoms with Crippen molar-refractivity contribution in [1.29, 1.82) is 0 Å². The van der Waals surface area contributed by atoms with Crippen molar-refractivity contribution in [3.05, 3.63) is 0 Å². The number of hydrogen-bond donors (Lipinski definition) is 1. The molecule has 1 N–H and O–H groups in total. The van der Waals surface area contributed by atoms with Gasteiger partial charge in [0.2, 0.25) is 0 Å². The molecule has 0 aromatic heterocycles. The number of unbranched alkanes of at least 4 members (excludes halogenated alkanes) is 2. The van der Waals surface area contributed by atoms with Gasteiger partial charge in [0.15, 0.2) is 0 Å². The fourth-order valence-corrected chi connectivity index (χ4v) is 2.87. The van der Waals surface area contributed by atoms with Crippen molar-refractivity contribution >= 4 is 0 Å². The first kappa shape index (κ1) is 14.0. The molecule has 0 heterocycles. The maximum Gasteiger partial charge on any atom is 0.0431 e. The fourth-order valence-electron chi connectivity index (χ4n) is 2.87. The molecule has 2 heteroatoms. The predicted octanol–water partition coefficient (Wildman–Crippen LogP) is 3.05. The average molecular weight is 227 g/mol. The Morgan fingerprint density at radius 3 is 2.69 bits per heavy atom. The molecule has 2 atom stereocenters. The van der Waals surface area contributed by atoms with Crippen molar-refractivity contribution in [3.63, 3.8) is 0 Å². The Hall–Kier alpha value is -0.0800. The molecular weight excluding hydrogens is 198 g/mol. The van der Waals surface area contributed by atoms with Crippen molar-refractivity contribution in [2.24, 2.45) is 5.92 Å². The van der Waals surface area contributed by atoms with Gasteiger partial charge in [0.1, 0.15) is 0 Å². The van der Waals surface area contributed by atoms with Gasteiger partial charge in [0.25, 0.3) is 0 Å². The average Bonchev–Trinajstić information content (AvgIpc) is 2.34. The third kappa shape index (κ3) is 4.84. The van der Waals surface area contributed by atoms with Gasteiger partial charge < -0.3 is 10.0 Å². The van der Waals surface area contributed by atoms with Crippen molar-refractivity contribution in [2.75, 3.05) is 20.2 Å². The second-order valence-electron chi connectivity index (χ2n) is 5.36. The third-order valence-corrected chi connectivity index (χ3v) is 4.12. The molecule has 0 saturated heterocycles. The Bertz CT molecular complexity index is 172. The lowest BCUT2D eigenvalue weighted by Gasteiger charge is -2.35. The summed E-state index contributed by atoms with van der Waals surface area (Å²) in [6.45, 7) is 3.89. The summed E-state index contributed by atoms with van der Waals surface area (Å²) in [4.78, 5) is 2.55. The standard InChI is InChI=1S/C14H29NO/c1-3-13-8-7-9-14(12-13)15(2)10-5-4-6-11-16/h13-14,16H,3-12H2,1-2H3. The zero-order valence-corrected chi connectivity index (χ0v) is 11.1. The van der Waals surface area contributed by atoms with Gasteiger partial charge in [-0.3, -0.25) is 0 Å². The molecule has 0 aromatic rings. The van der Waals surface area contributed by atoms with E-state index in [9.17, 15) is 0 Å². The third-order valence-electron chi connectivity index (χ3n) is 4.12. The monoisotopic (exact) mass is 227 g/mol. The Morgan fingerprint density at radius 1 is 1.19 bits per heavy atom. The van der Waals surface area contributed by atoms with Gasteiger partial charge in [-0.05, 0) is 51.6 Å². The summed E-state index contributed by atoms with van der Waals surface area (Å²) in [5.74, 6) is 0.971. The number of nitrogens with zero attached hydrogens (tertiary/aromatic N) is 1. The molecule has 2 nitrogen and oxygen atoms in total. The summed E-state index contributed by atoms with van der Waals surface area (Å²) >= 11 is 0. The lowest BCUT2D eigenvalue weighted by atomic mass is 9.83. The van der Waals surface area contributed by atoms with Crippen molar-refractivity contribution < 1.29 is 5.11 Å². The predicted molar refractivity (Wildman–Crippen MR) is 69.6 cm³/mol. The number of rotatable bonds is 7. The minimum atomic E-state index is 0.352. The number of aliphatic hydroxyl groups excluding tert-OH is 1. The van der Waals surface area contributed by atoms with E-state index in [1.54, 1.807) is 0 Å². The Labute approximate surface area is 101 Å². The molecule has 0 aromatic carbocycles. The molecule has 0 amide bonds. The molecule has 1 rings (SSSR count). The second-order valence-corrected chi connectivity index (χ2v) is 5.36. The van der Waals surface area contributed by atoms with E-state index in [1.807, 2.05) is 0 Å². The molecule has 1 fully saturated rings. The quantitative estimate of drug-likeness (QED) is 0.676. The van der Waals surface area contributed by atoms with Crippen molar-refractivity contribution in [3.8, 4) is 0 Å². The number of hydrogen-bond acceptors (Lipinski definition) is 2. The SMILES string of the molecule is CCC1CCCC(N(C)CCCCCO)C1. The highest BCUT2D eigenvalue weighted by Gasteiger charge is 2.23. The van der Waals surface area contributed by atoms with Crippen LogP contribution in [0.3, 0.4) is 0 Å². The lowest BCUT2D eigenvalue weighted by molar-refractivity contribution is 0.152. The van der Waals surface area contributed by atoms with Crippen LogP contribution < -0.4 is 0 Å². The van der Waals surface area contributed by atoms with E-state index in [0.717, 1.165) is 18.4 Å². The van der Waals surface area contributed by atoms with Crippen LogP contribution >= 0.6 is 0 Å². The van der Waals surface area contributed by atoms with Gasteiger partial charge in [-0.25, -0.2) is 0 Å². The van der Waals surface area contributed by atoms with E-state index in [4.69, 9.17) is 5.11 Å². The highest BCUT2D eigenvalue weighted by molar-refractivity contribution is 4.78. The van der Waals surface area contributed by atoms with Crippen LogP contribution in [0.4, 0.5) is 0 Å². The topological polar surface area (TPSA) is 23.5 Å². The molecule has 1 aliphatic carbocycles. The summed E-state index contributed by atoms with van der Waals surface area (Å²) in [5, 5.41) is 8.73. The molecule has 2 unspecified atom stereocenters. The van der Waals surface area contributed by atoms with Gasteiger partial charge in [-0.15, -0.1) is 0 Å². The molecule has 0 bridgehead atoms. The largest absolute Gasteiger partial charge is 0.396 e. The van der Waals surface area contributed by atoms with Gasteiger partial charge in [-0.1, -0.05) is 26.2 Å². The van der Waals surface area contributed by atoms with Crippen molar-refractivity contribution in [1.82, 2.24) is 4.90 Å². The molecule has 0 radical (unpaired) electrons. The number of aliphatic hydroxyl groups is 1. The maximum absolute atomic E-state index is 8.73. The van der Waals surface area contributed by atoms with E-state index >= 15 is 0 Å². The van der Waals surface area contributed by atoms with Gasteiger partial charge in [0.05, 0.1) is 0 Å². The van der Waals surface area contributed by atoms with Crippen LogP contribution in [0.15, 0.2) is 0 Å². The lowest BCUT2D eigenvalue weighted by Crippen LogP contribution is -2.36. The van der Waals surface area contributed by atoms with Crippen LogP contribution in [0.2, 0.25) is 0 Å². The first-order valence-corrected chi connectivity index (χ1v) is 7.09. The highest BCUT2D eigenvalue weighted by Crippen LogP contribution is 2.29. The Balaban J connectivity index is 2.16. The molecule has 96 valence electrons. The summed E-state index contributed by atoms with van der Waals surface area (Å²) < 4.78 is 0. The van der Waals surface area contributed by atoms with Gasteiger partial charge in [0, 0.05) is 12.6 Å². The summed E-state index contributed by atoms with van der Waals surface area (Å²) in [6.07, 6.45) is 10.4. The minimum absolute atomic E-state index is 0.352. The normalized spacial score (nSPS) is 26.2. The maximum atomic E-state index is 8.73. The van der Waals surface area contributed by atoms with E-state index in [1.165, 1.54) is 51.5 Å². The Morgan fingerprint density at radius 2 is 2.00 bits per heavy atom. The van der Waals surface area contributed by atoms with Crippen LogP contribution in [0, 0.1) is 5.92 Å². The van der Waals surface area contributed by atoms with Crippen LogP contribution in [-0.2, 0) is 0 Å². The fraction of sp³-hybridized carbons (Fsp3) is 1.00. The first-order valence-electron chi connectivity index (χ1n) is 7.09. The molecule has 16 heavy (non-hydrogen) atoms. The zero-order valence-electron chi connectivity index (χ0n) is 11.1. The Kier molecular flexibility index (Phi) is 7.06. The second kappa shape index (κ2) is 8.08. The van der Waals surface area contributed by atoms with Crippen LogP contribution in [-0.4, -0.2) is 36.2 Å². The van der Waals surface area contributed by atoms with Crippen molar-refractivity contribution in [2.45, 2.75) is 64.3 Å². The van der Waals surface area contributed by atoms with Gasteiger partial charge >= 0.3 is 0 Å². The van der Waals surface area contributed by atoms with E-state index < -0.39 is 0 Å². The van der Waals surface area contributed by atoms with E-state index in [-0.39, 0.29) is 0 Å². The van der Waals surface area contributed by atoms with Crippen LogP contribution in [0.1, 0.15) is 58.3 Å². The molecule has 1 saturated carbocycles. The minimum Gasteiger partial charge on any atom is -0.396 e. The smallest absolute Gasteiger partial charge is 0.0431 e. The summed E-state index contributed by atoms with van der Waals surface area (Å²) in [7, 11) is 2.28. The first-order chi connectivity index (χ1) is 7.77. The van der Waals surface area contributed by atoms with E-state index in [0.29, 0.717) is 6.61 Å². The zero-order chi connectivity index (χ0) is 11.8. The van der Waals surface area contributed by atoms with E-state index in [2.05, 4.69) is 18.9 Å². The molecular formula is C14H29NO.